The van der Waals surface area contributed by atoms with Gasteiger partial charge in [0, 0.05) is 151 Å². The van der Waals surface area contributed by atoms with E-state index in [1.165, 1.54) is 109 Å². The number of benzene rings is 8. The predicted molar refractivity (Wildman–Crippen MR) is 426 cm³/mol. The van der Waals surface area contributed by atoms with Crippen molar-refractivity contribution >= 4 is 140 Å². The van der Waals surface area contributed by atoms with Crippen LogP contribution in [0.25, 0.3) is 76.2 Å². The van der Waals surface area contributed by atoms with Gasteiger partial charge in [-0.25, -0.2) is 14.4 Å². The first kappa shape index (κ1) is 73.6. The van der Waals surface area contributed by atoms with Crippen LogP contribution in [0.15, 0.2) is 185 Å². The van der Waals surface area contributed by atoms with Crippen molar-refractivity contribution in [1.29, 1.82) is 0 Å². The van der Waals surface area contributed by atoms with Gasteiger partial charge in [0.1, 0.15) is 0 Å². The first-order valence-corrected chi connectivity index (χ1v) is 38.6. The van der Waals surface area contributed by atoms with E-state index in [0.29, 0.717) is 34.4 Å². The monoisotopic (exact) mass is 1440 g/mol. The summed E-state index contributed by atoms with van der Waals surface area (Å²) in [7, 11) is 0. The second kappa shape index (κ2) is 33.6. The zero-order chi connectivity index (χ0) is 74.0. The van der Waals surface area contributed by atoms with E-state index < -0.39 is 17.9 Å². The minimum absolute atomic E-state index is 0.00915. The topological polar surface area (TPSA) is 208 Å². The number of aromatic nitrogens is 3. The number of nitrogens with zero attached hydrogens (tertiary/aromatic N) is 7. The van der Waals surface area contributed by atoms with Gasteiger partial charge in [0.25, 0.3) is 5.69 Å². The summed E-state index contributed by atoms with van der Waals surface area (Å²) in [5.74, 6) is 0.890. The Kier molecular flexibility index (Phi) is 23.3. The minimum atomic E-state index is -0.447. The van der Waals surface area contributed by atoms with Gasteiger partial charge in [-0.1, -0.05) is 153 Å². The molecule has 0 unspecified atom stereocenters. The largest absolute Gasteiger partial charge is 0.341 e. The average molecular weight is 1440 g/mol. The van der Waals surface area contributed by atoms with Crippen molar-refractivity contribution < 1.29 is 43.4 Å². The molecule has 8 aromatic carbocycles. The van der Waals surface area contributed by atoms with Crippen LogP contribution in [-0.4, -0.2) is 65.2 Å². The van der Waals surface area contributed by atoms with Crippen LogP contribution < -0.4 is 0 Å². The van der Waals surface area contributed by atoms with E-state index in [2.05, 4.69) is 98.5 Å². The number of thiophene rings is 1. The van der Waals surface area contributed by atoms with Crippen LogP contribution in [0.3, 0.4) is 0 Å². The first-order chi connectivity index (χ1) is 51.5. The molecule has 0 bridgehead atoms. The van der Waals surface area contributed by atoms with Crippen LogP contribution in [0.4, 0.5) is 5.69 Å². The number of ketones is 2. The molecule has 17 nitrogen and oxygen atoms in total. The van der Waals surface area contributed by atoms with Crippen molar-refractivity contribution in [3.8, 4) is 0 Å². The number of non-ortho nitro benzene ring substituents is 1. The van der Waals surface area contributed by atoms with Gasteiger partial charge in [-0.15, -0.1) is 11.3 Å². The van der Waals surface area contributed by atoms with Gasteiger partial charge >= 0.3 is 17.9 Å². The highest BCUT2D eigenvalue weighted by atomic mass is 32.1. The highest BCUT2D eigenvalue weighted by molar-refractivity contribution is 7.12. The number of rotatable bonds is 23. The lowest BCUT2D eigenvalue weighted by Crippen LogP contribution is -2.07. The number of oxime groups is 3. The summed E-state index contributed by atoms with van der Waals surface area (Å²) in [6.45, 7) is 12.8. The van der Waals surface area contributed by atoms with Crippen molar-refractivity contribution in [3.63, 3.8) is 0 Å². The van der Waals surface area contributed by atoms with E-state index in [1.54, 1.807) is 12.1 Å². The molecule has 0 saturated heterocycles. The second-order valence-corrected chi connectivity index (χ2v) is 29.4. The Morgan fingerprint density at radius 1 is 0.406 bits per heavy atom. The molecular formula is C88H91N7O10S. The lowest BCUT2D eigenvalue weighted by Gasteiger charge is -2.11. The van der Waals surface area contributed by atoms with Crippen LogP contribution in [0, 0.1) is 27.9 Å². The Balaban J connectivity index is 0.000000142. The van der Waals surface area contributed by atoms with Gasteiger partial charge in [0.15, 0.2) is 5.78 Å². The molecule has 544 valence electrons. The van der Waals surface area contributed by atoms with Crippen LogP contribution in [-0.2, 0) is 48.5 Å². The van der Waals surface area contributed by atoms with Gasteiger partial charge in [-0.3, -0.25) is 19.7 Å². The number of aryl methyl sites for hydroxylation is 3. The summed E-state index contributed by atoms with van der Waals surface area (Å²) in [5, 5.41) is 34.1. The van der Waals surface area contributed by atoms with Crippen molar-refractivity contribution in [1.82, 2.24) is 13.7 Å². The predicted octanol–water partition coefficient (Wildman–Crippen LogP) is 21.7. The molecule has 12 aromatic rings. The Bertz CT molecular complexity index is 5400. The fourth-order valence-electron chi connectivity index (χ4n) is 16.3. The van der Waals surface area contributed by atoms with E-state index >= 15 is 0 Å². The minimum Gasteiger partial charge on any atom is -0.341 e. The Hall–Kier alpha value is -10.7. The van der Waals surface area contributed by atoms with Crippen molar-refractivity contribution in [2.75, 3.05) is 0 Å². The zero-order valence-corrected chi connectivity index (χ0v) is 62.2. The van der Waals surface area contributed by atoms with Crippen LogP contribution >= 0.6 is 11.3 Å². The lowest BCUT2D eigenvalue weighted by molar-refractivity contribution is -0.384. The van der Waals surface area contributed by atoms with E-state index in [0.717, 1.165) is 173 Å². The Labute approximate surface area is 621 Å². The summed E-state index contributed by atoms with van der Waals surface area (Å²) in [4.78, 5) is 88.0. The quantitative estimate of drug-likeness (QED) is 0.0194. The normalized spacial score (nSPS) is 14.7. The Morgan fingerprint density at radius 2 is 0.736 bits per heavy atom. The number of hydrogen-bond donors (Lipinski definition) is 0. The SMILES string of the molecule is CCn1c2ccc(/C(CCC3CCCC3)=N/OC(C)=O)cc2c2cc([N+](=O)[O-])ccc21.CCn1c2ccc(C(=O)c3ccc4ccccc4c3)cc2c2cc(/C(CCC3CCCC3)=N/OC(C)=O)ccc21.CCn1c2ccc(C(=O)c3cccs3)cc2c2cc(/C(CCC3CCCC3)=N/OC(C)=O)ccc21. The number of hydrogen-bond acceptors (Lipinski definition) is 14. The molecule has 18 heteroatoms. The van der Waals surface area contributed by atoms with E-state index in [-0.39, 0.29) is 22.2 Å². The molecule has 15 rings (SSSR count). The molecule has 3 aliphatic rings. The van der Waals surface area contributed by atoms with Crippen LogP contribution in [0.5, 0.6) is 0 Å². The summed E-state index contributed by atoms with van der Waals surface area (Å²) < 4.78 is 6.70. The number of carbonyl (C=O) groups is 5. The van der Waals surface area contributed by atoms with E-state index in [1.807, 2.05) is 109 Å². The maximum atomic E-state index is 13.6. The number of nitro groups is 1. The molecule has 0 radical (unpaired) electrons. The standard InChI is InChI=1S/C35H34N2O3.C29H30N2O3S.C24H27N3O4/c1-3-37-33-18-15-27(32(36-40-23(2)38)17-12-24-8-4-5-9-24)21-30(33)31-22-29(16-19-34(31)37)35(39)28-14-13-25-10-6-7-11-26(25)20-28;1-3-31-26-14-11-21(25(30-34-19(2)32)13-10-20-7-4-5-8-20)17-23(26)24-18-22(12-15-27(24)31)29(33)28-9-6-16-35-28;1-3-26-23-12-9-18(14-20(23)21-15-19(27(29)30)10-13-24(21)26)22(25-31-16(2)28)11-8-17-6-4-5-7-17/h6-7,10-11,13-16,18-22,24H,3-5,8-9,12,17H2,1-2H3;6,9,11-12,14-18,20H,3-5,7-8,10,13H2,1-2H3;9-10,12-15,17H,3-8,11H2,1-2H3/b36-32+;30-25+;25-22+. The zero-order valence-electron chi connectivity index (χ0n) is 61.4. The average Bonchev–Trinajstić information content (AvgIpc) is 1.61. The number of carbonyl (C=O) groups excluding carboxylic acids is 5. The Morgan fingerprint density at radius 3 is 1.09 bits per heavy atom. The van der Waals surface area contributed by atoms with Gasteiger partial charge < -0.3 is 28.2 Å². The molecule has 106 heavy (non-hydrogen) atoms. The third kappa shape index (κ3) is 16.5. The third-order valence-electron chi connectivity index (χ3n) is 21.7. The number of nitro benzene ring substituents is 1. The second-order valence-electron chi connectivity index (χ2n) is 28.5. The van der Waals surface area contributed by atoms with Gasteiger partial charge in [-0.2, -0.15) is 0 Å². The third-order valence-corrected chi connectivity index (χ3v) is 22.5. The molecular weight excluding hydrogens is 1350 g/mol. The molecule has 4 heterocycles. The smallest absolute Gasteiger partial charge is 0.331 e. The summed E-state index contributed by atoms with van der Waals surface area (Å²) in [6, 6.07) is 53.4. The van der Waals surface area contributed by atoms with Crippen molar-refractivity contribution in [2.45, 2.75) is 177 Å². The van der Waals surface area contributed by atoms with Crippen LogP contribution in [0.1, 0.15) is 205 Å². The fourth-order valence-corrected chi connectivity index (χ4v) is 17.0. The molecule has 3 fully saturated rings. The first-order valence-electron chi connectivity index (χ1n) is 37.7. The van der Waals surface area contributed by atoms with Crippen molar-refractivity contribution in [3.05, 3.63) is 218 Å². The maximum absolute atomic E-state index is 13.6. The molecule has 4 aromatic heterocycles. The summed E-state index contributed by atoms with van der Waals surface area (Å²) in [5.41, 5.74) is 13.7. The lowest BCUT2D eigenvalue weighted by atomic mass is 9.95. The summed E-state index contributed by atoms with van der Waals surface area (Å²) >= 11 is 1.46. The molecule has 0 spiro atoms. The van der Waals surface area contributed by atoms with Crippen molar-refractivity contribution in [2.24, 2.45) is 33.2 Å². The molecule has 0 amide bonds. The number of fused-ring (bicyclic) bond motifs is 10. The van der Waals surface area contributed by atoms with Gasteiger partial charge in [-0.05, 0) is 184 Å². The summed E-state index contributed by atoms with van der Waals surface area (Å²) in [6.07, 6.45) is 20.7. The molecule has 0 N–H and O–H groups in total. The van der Waals surface area contributed by atoms with E-state index in [9.17, 15) is 34.1 Å². The highest BCUT2D eigenvalue weighted by Gasteiger charge is 2.25. The molecule has 3 saturated carbocycles. The van der Waals surface area contributed by atoms with Crippen LogP contribution in [0.2, 0.25) is 0 Å². The van der Waals surface area contributed by atoms with Gasteiger partial charge in [0.2, 0.25) is 5.78 Å². The van der Waals surface area contributed by atoms with E-state index in [4.69, 9.17) is 14.5 Å². The molecule has 3 aliphatic carbocycles. The molecule has 0 atom stereocenters. The highest BCUT2D eigenvalue weighted by Crippen LogP contribution is 2.39. The maximum Gasteiger partial charge on any atom is 0.331 e. The van der Waals surface area contributed by atoms with Gasteiger partial charge in [0.05, 0.1) is 26.9 Å². The molecule has 0 aliphatic heterocycles. The fraction of sp³-hybridized carbons (Fsp3) is 0.341.